The minimum atomic E-state index is -0.832. The van der Waals surface area contributed by atoms with Crippen LogP contribution in [-0.2, 0) is 4.79 Å². The Kier molecular flexibility index (Phi) is 3.27. The molecular formula is C9H18N2O2. The fourth-order valence-corrected chi connectivity index (χ4v) is 1.97. The van der Waals surface area contributed by atoms with Crippen molar-refractivity contribution in [2.75, 3.05) is 0 Å². The van der Waals surface area contributed by atoms with Crippen LogP contribution in [-0.4, -0.2) is 16.6 Å². The second-order valence-corrected chi connectivity index (χ2v) is 3.89. The van der Waals surface area contributed by atoms with Gasteiger partial charge in [0.2, 0.25) is 5.91 Å². The van der Waals surface area contributed by atoms with Crippen molar-refractivity contribution in [1.29, 1.82) is 0 Å². The van der Waals surface area contributed by atoms with Crippen molar-refractivity contribution in [3.8, 4) is 0 Å². The van der Waals surface area contributed by atoms with E-state index in [0.29, 0.717) is 12.8 Å². The predicted octanol–water partition coefficient (Wildman–Crippen LogP) is 0.308. The van der Waals surface area contributed by atoms with E-state index in [2.05, 4.69) is 5.43 Å². The van der Waals surface area contributed by atoms with Crippen molar-refractivity contribution in [3.63, 3.8) is 0 Å². The van der Waals surface area contributed by atoms with Gasteiger partial charge in [-0.15, -0.1) is 0 Å². The predicted molar refractivity (Wildman–Crippen MR) is 49.5 cm³/mol. The van der Waals surface area contributed by atoms with E-state index in [1.165, 1.54) is 0 Å². The largest absolute Gasteiger partial charge is 0.389 e. The number of aliphatic hydroxyl groups is 1. The van der Waals surface area contributed by atoms with Gasteiger partial charge in [0, 0.05) is 0 Å². The van der Waals surface area contributed by atoms with E-state index in [-0.39, 0.29) is 5.91 Å². The summed E-state index contributed by atoms with van der Waals surface area (Å²) in [7, 11) is 0. The lowest BCUT2D eigenvalue weighted by Gasteiger charge is -2.36. The Morgan fingerprint density at radius 2 is 2.00 bits per heavy atom. The molecule has 0 spiro atoms. The number of carbonyl (C=O) groups excluding carboxylic acids is 1. The third-order valence-corrected chi connectivity index (χ3v) is 3.06. The van der Waals surface area contributed by atoms with Gasteiger partial charge in [0.25, 0.3) is 0 Å². The summed E-state index contributed by atoms with van der Waals surface area (Å²) in [6.07, 6.45) is 4.57. The molecule has 0 heterocycles. The first kappa shape index (κ1) is 10.5. The highest BCUT2D eigenvalue weighted by Crippen LogP contribution is 2.34. The van der Waals surface area contributed by atoms with Gasteiger partial charge in [-0.05, 0) is 12.8 Å². The molecule has 76 valence electrons. The summed E-state index contributed by atoms with van der Waals surface area (Å²) >= 11 is 0. The van der Waals surface area contributed by atoms with Crippen LogP contribution in [0.4, 0.5) is 0 Å². The van der Waals surface area contributed by atoms with E-state index in [0.717, 1.165) is 19.3 Å². The third-order valence-electron chi connectivity index (χ3n) is 3.06. The molecule has 1 saturated carbocycles. The van der Waals surface area contributed by atoms with Crippen LogP contribution in [0.15, 0.2) is 0 Å². The first-order valence-corrected chi connectivity index (χ1v) is 4.83. The van der Waals surface area contributed by atoms with Crippen molar-refractivity contribution in [2.45, 2.75) is 44.6 Å². The Bertz CT molecular complexity index is 188. The van der Waals surface area contributed by atoms with E-state index in [1.54, 1.807) is 6.92 Å². The SMILES string of the molecule is C[C@@H](C(=O)NN)C1(O)CCCCC1. The van der Waals surface area contributed by atoms with Crippen LogP contribution < -0.4 is 11.3 Å². The van der Waals surface area contributed by atoms with Gasteiger partial charge in [0.05, 0.1) is 11.5 Å². The maximum atomic E-state index is 11.2. The molecule has 1 amide bonds. The third kappa shape index (κ3) is 2.19. The number of rotatable bonds is 2. The molecule has 0 bridgehead atoms. The smallest absolute Gasteiger partial charge is 0.239 e. The van der Waals surface area contributed by atoms with Gasteiger partial charge in [-0.1, -0.05) is 26.2 Å². The monoisotopic (exact) mass is 186 g/mol. The van der Waals surface area contributed by atoms with E-state index in [4.69, 9.17) is 5.84 Å². The van der Waals surface area contributed by atoms with E-state index in [1.807, 2.05) is 0 Å². The molecule has 4 heteroatoms. The average Bonchev–Trinajstić information content (AvgIpc) is 2.16. The normalized spacial score (nSPS) is 23.6. The van der Waals surface area contributed by atoms with Crippen LogP contribution in [0, 0.1) is 5.92 Å². The summed E-state index contributed by atoms with van der Waals surface area (Å²) in [5.74, 6) is 4.35. The fourth-order valence-electron chi connectivity index (χ4n) is 1.97. The van der Waals surface area contributed by atoms with Gasteiger partial charge in [0.1, 0.15) is 0 Å². The highest BCUT2D eigenvalue weighted by molar-refractivity contribution is 5.78. The lowest BCUT2D eigenvalue weighted by molar-refractivity contribution is -0.136. The van der Waals surface area contributed by atoms with E-state index in [9.17, 15) is 9.90 Å². The maximum absolute atomic E-state index is 11.2. The average molecular weight is 186 g/mol. The van der Waals surface area contributed by atoms with Gasteiger partial charge in [-0.2, -0.15) is 0 Å². The highest BCUT2D eigenvalue weighted by atomic mass is 16.3. The molecule has 0 aliphatic heterocycles. The lowest BCUT2D eigenvalue weighted by Crippen LogP contribution is -2.48. The van der Waals surface area contributed by atoms with Crippen molar-refractivity contribution >= 4 is 5.91 Å². The van der Waals surface area contributed by atoms with Gasteiger partial charge in [-0.3, -0.25) is 10.2 Å². The second-order valence-electron chi connectivity index (χ2n) is 3.89. The molecule has 1 aliphatic rings. The first-order valence-electron chi connectivity index (χ1n) is 4.83. The van der Waals surface area contributed by atoms with Crippen LogP contribution in [0.25, 0.3) is 0 Å². The molecule has 4 nitrogen and oxygen atoms in total. The Labute approximate surface area is 78.5 Å². The van der Waals surface area contributed by atoms with Crippen LogP contribution in [0.1, 0.15) is 39.0 Å². The molecule has 0 aromatic heterocycles. The molecule has 1 aliphatic carbocycles. The summed E-state index contributed by atoms with van der Waals surface area (Å²) in [5, 5.41) is 10.1. The zero-order chi connectivity index (χ0) is 9.90. The van der Waals surface area contributed by atoms with Gasteiger partial charge < -0.3 is 5.11 Å². The molecular weight excluding hydrogens is 168 g/mol. The number of hydrogen-bond donors (Lipinski definition) is 3. The zero-order valence-electron chi connectivity index (χ0n) is 8.05. The Morgan fingerprint density at radius 3 is 2.46 bits per heavy atom. The molecule has 1 fully saturated rings. The second kappa shape index (κ2) is 4.07. The van der Waals surface area contributed by atoms with Crippen LogP contribution in [0.3, 0.4) is 0 Å². The number of hydrazine groups is 1. The number of amides is 1. The maximum Gasteiger partial charge on any atom is 0.239 e. The lowest BCUT2D eigenvalue weighted by atomic mass is 9.76. The van der Waals surface area contributed by atoms with Crippen LogP contribution in [0.5, 0.6) is 0 Å². The number of nitrogens with two attached hydrogens (primary N) is 1. The Balaban J connectivity index is 2.61. The molecule has 0 aromatic carbocycles. The fraction of sp³-hybridized carbons (Fsp3) is 0.889. The molecule has 0 aromatic rings. The van der Waals surface area contributed by atoms with Crippen molar-refractivity contribution in [3.05, 3.63) is 0 Å². The number of carbonyl (C=O) groups is 1. The number of hydrogen-bond acceptors (Lipinski definition) is 3. The van der Waals surface area contributed by atoms with E-state index < -0.39 is 11.5 Å². The molecule has 0 saturated heterocycles. The molecule has 13 heavy (non-hydrogen) atoms. The standard InChI is InChI=1S/C9H18N2O2/c1-7(8(12)11-10)9(13)5-3-2-4-6-9/h7,13H,2-6,10H2,1H3,(H,11,12)/t7-/m0/s1. The molecule has 4 N–H and O–H groups in total. The van der Waals surface area contributed by atoms with Crippen LogP contribution in [0.2, 0.25) is 0 Å². The number of nitrogens with one attached hydrogen (secondary N) is 1. The van der Waals surface area contributed by atoms with Gasteiger partial charge >= 0.3 is 0 Å². The van der Waals surface area contributed by atoms with Gasteiger partial charge in [-0.25, -0.2) is 5.84 Å². The quantitative estimate of drug-likeness (QED) is 0.330. The summed E-state index contributed by atoms with van der Waals surface area (Å²) < 4.78 is 0. The van der Waals surface area contributed by atoms with Crippen LogP contribution >= 0.6 is 0 Å². The highest BCUT2D eigenvalue weighted by Gasteiger charge is 2.38. The Morgan fingerprint density at radius 1 is 1.46 bits per heavy atom. The van der Waals surface area contributed by atoms with Gasteiger partial charge in [0.15, 0.2) is 0 Å². The summed E-state index contributed by atoms with van der Waals surface area (Å²) in [5.41, 5.74) is 1.26. The zero-order valence-corrected chi connectivity index (χ0v) is 8.05. The molecule has 0 radical (unpaired) electrons. The minimum absolute atomic E-state index is 0.274. The summed E-state index contributed by atoms with van der Waals surface area (Å²) in [4.78, 5) is 11.2. The minimum Gasteiger partial charge on any atom is -0.389 e. The summed E-state index contributed by atoms with van der Waals surface area (Å²) in [6, 6.07) is 0. The van der Waals surface area contributed by atoms with Crippen molar-refractivity contribution < 1.29 is 9.90 Å². The van der Waals surface area contributed by atoms with Crippen molar-refractivity contribution in [1.82, 2.24) is 5.43 Å². The summed E-state index contributed by atoms with van der Waals surface area (Å²) in [6.45, 7) is 1.73. The first-order chi connectivity index (χ1) is 6.10. The Hall–Kier alpha value is -0.610. The molecule has 1 atom stereocenters. The van der Waals surface area contributed by atoms with E-state index >= 15 is 0 Å². The van der Waals surface area contributed by atoms with Crippen molar-refractivity contribution in [2.24, 2.45) is 11.8 Å². The topological polar surface area (TPSA) is 75.4 Å². The molecule has 1 rings (SSSR count). The molecule has 0 unspecified atom stereocenters.